The molecule has 0 amide bonds. The van der Waals surface area contributed by atoms with Gasteiger partial charge in [0.05, 0.1) is 13.0 Å². The number of benzene rings is 1. The molecule has 0 spiro atoms. The predicted octanol–water partition coefficient (Wildman–Crippen LogP) is 1.32. The van der Waals surface area contributed by atoms with E-state index in [1.54, 1.807) is 24.3 Å². The number of carbonyl (C=O) groups excluding carboxylic acids is 1. The van der Waals surface area contributed by atoms with Gasteiger partial charge in [-0.15, -0.1) is 0 Å². The minimum absolute atomic E-state index is 0.00941. The van der Waals surface area contributed by atoms with Crippen LogP contribution in [0.2, 0.25) is 0 Å². The smallest absolute Gasteiger partial charge is 0.402 e. The molecular weight excluding hydrogens is 310 g/mol. The molecule has 1 aliphatic rings. The Hall–Kier alpha value is -1.58. The number of ether oxygens (including phenoxy) is 2. The first-order valence-corrected chi connectivity index (χ1v) is 7.34. The van der Waals surface area contributed by atoms with E-state index in [-0.39, 0.29) is 12.5 Å². The second-order valence-corrected chi connectivity index (χ2v) is 6.06. The second-order valence-electron chi connectivity index (χ2n) is 4.52. The average molecular weight is 322 g/mol. The molecule has 1 N–H and O–H groups in total. The van der Waals surface area contributed by atoms with Crippen molar-refractivity contribution in [2.75, 3.05) is 13.2 Å². The normalized spacial score (nSPS) is 18.3. The van der Waals surface area contributed by atoms with E-state index in [1.807, 2.05) is 0 Å². The lowest BCUT2D eigenvalue weighted by Gasteiger charge is -2.13. The van der Waals surface area contributed by atoms with Crippen LogP contribution in [0.25, 0.3) is 0 Å². The highest BCUT2D eigenvalue weighted by Crippen LogP contribution is 2.30. The van der Waals surface area contributed by atoms with E-state index in [0.717, 1.165) is 5.56 Å². The first kappa shape index (κ1) is 15.8. The molecule has 0 bridgehead atoms. The van der Waals surface area contributed by atoms with Crippen LogP contribution in [0.4, 0.5) is 8.78 Å². The quantitative estimate of drug-likeness (QED) is 0.482. The standard InChI is InChI=1S/C12H12F2O6S/c13-12(14,21(16,17)18)7-20-11(15)5-8-2-1-3-9(4-8)10-6-19-10/h1-4,10H,5-7H2,(H,16,17,18). The number of epoxide rings is 1. The van der Waals surface area contributed by atoms with E-state index in [1.165, 1.54) is 0 Å². The maximum absolute atomic E-state index is 12.9. The Morgan fingerprint density at radius 1 is 1.48 bits per heavy atom. The molecule has 21 heavy (non-hydrogen) atoms. The summed E-state index contributed by atoms with van der Waals surface area (Å²) in [7, 11) is -5.61. The molecule has 1 fully saturated rings. The van der Waals surface area contributed by atoms with Crippen LogP contribution in [-0.2, 0) is 30.8 Å². The Labute approximate surface area is 119 Å². The van der Waals surface area contributed by atoms with Crippen LogP contribution in [-0.4, -0.2) is 37.4 Å². The van der Waals surface area contributed by atoms with Crippen molar-refractivity contribution in [3.8, 4) is 0 Å². The number of carbonyl (C=O) groups is 1. The van der Waals surface area contributed by atoms with Gasteiger partial charge >= 0.3 is 21.3 Å². The molecule has 1 atom stereocenters. The molecule has 0 radical (unpaired) electrons. The molecule has 1 saturated heterocycles. The third kappa shape index (κ3) is 4.19. The Bertz CT molecular complexity index is 639. The lowest BCUT2D eigenvalue weighted by Crippen LogP contribution is -2.34. The molecular formula is C12H12F2O6S. The first-order chi connectivity index (χ1) is 9.69. The highest BCUT2D eigenvalue weighted by Gasteiger charge is 2.45. The zero-order valence-electron chi connectivity index (χ0n) is 10.7. The molecule has 1 unspecified atom stereocenters. The zero-order chi connectivity index (χ0) is 15.7. The van der Waals surface area contributed by atoms with Crippen molar-refractivity contribution < 1.29 is 36.0 Å². The Balaban J connectivity index is 1.91. The van der Waals surface area contributed by atoms with Gasteiger partial charge in [0, 0.05) is 0 Å². The fraction of sp³-hybridized carbons (Fsp3) is 0.417. The molecule has 0 aromatic heterocycles. The molecule has 0 saturated carbocycles. The van der Waals surface area contributed by atoms with Crippen molar-refractivity contribution in [2.24, 2.45) is 0 Å². The highest BCUT2D eigenvalue weighted by molar-refractivity contribution is 7.86. The number of alkyl halides is 2. The Morgan fingerprint density at radius 3 is 2.71 bits per heavy atom. The lowest BCUT2D eigenvalue weighted by molar-refractivity contribution is -0.148. The van der Waals surface area contributed by atoms with Crippen LogP contribution in [0, 0.1) is 0 Å². The number of rotatable bonds is 6. The first-order valence-electron chi connectivity index (χ1n) is 5.90. The van der Waals surface area contributed by atoms with E-state index < -0.39 is 27.9 Å². The molecule has 1 aliphatic heterocycles. The van der Waals surface area contributed by atoms with Crippen LogP contribution in [0.3, 0.4) is 0 Å². The molecule has 2 rings (SSSR count). The van der Waals surface area contributed by atoms with Gasteiger partial charge in [0.1, 0.15) is 6.10 Å². The number of hydrogen-bond acceptors (Lipinski definition) is 5. The van der Waals surface area contributed by atoms with E-state index in [4.69, 9.17) is 9.29 Å². The monoisotopic (exact) mass is 322 g/mol. The van der Waals surface area contributed by atoms with Crippen molar-refractivity contribution in [3.05, 3.63) is 35.4 Å². The molecule has 0 aliphatic carbocycles. The van der Waals surface area contributed by atoms with Gasteiger partial charge in [0.15, 0.2) is 6.61 Å². The van der Waals surface area contributed by atoms with E-state index in [2.05, 4.69) is 4.74 Å². The molecule has 1 aromatic rings. The average Bonchev–Trinajstić information content (AvgIpc) is 3.20. The van der Waals surface area contributed by atoms with E-state index >= 15 is 0 Å². The van der Waals surface area contributed by atoms with Gasteiger partial charge in [-0.1, -0.05) is 24.3 Å². The molecule has 1 heterocycles. The molecule has 116 valence electrons. The van der Waals surface area contributed by atoms with Crippen LogP contribution < -0.4 is 0 Å². The van der Waals surface area contributed by atoms with Crippen molar-refractivity contribution in [1.82, 2.24) is 0 Å². The van der Waals surface area contributed by atoms with Gasteiger partial charge in [0.2, 0.25) is 0 Å². The SMILES string of the molecule is O=C(Cc1cccc(C2CO2)c1)OCC(F)(F)S(=O)(=O)O. The van der Waals surface area contributed by atoms with Crippen molar-refractivity contribution in [1.29, 1.82) is 0 Å². The second kappa shape index (κ2) is 5.66. The molecule has 1 aromatic carbocycles. The number of halogens is 2. The summed E-state index contributed by atoms with van der Waals surface area (Å²) < 4.78 is 64.0. The minimum atomic E-state index is -5.61. The summed E-state index contributed by atoms with van der Waals surface area (Å²) in [5, 5.41) is -4.52. The third-order valence-corrected chi connectivity index (χ3v) is 3.66. The van der Waals surface area contributed by atoms with Gasteiger partial charge < -0.3 is 9.47 Å². The van der Waals surface area contributed by atoms with Crippen molar-refractivity contribution >= 4 is 16.1 Å². The van der Waals surface area contributed by atoms with E-state index in [0.29, 0.717) is 12.2 Å². The summed E-state index contributed by atoms with van der Waals surface area (Å²) in [5.41, 5.74) is 1.40. The van der Waals surface area contributed by atoms with Crippen LogP contribution in [0.1, 0.15) is 17.2 Å². The topological polar surface area (TPSA) is 93.2 Å². The number of hydrogen-bond donors (Lipinski definition) is 1. The van der Waals surface area contributed by atoms with Crippen LogP contribution in [0.15, 0.2) is 24.3 Å². The molecule has 9 heteroatoms. The third-order valence-electron chi connectivity index (χ3n) is 2.78. The number of esters is 1. The van der Waals surface area contributed by atoms with Crippen molar-refractivity contribution in [3.63, 3.8) is 0 Å². The molecule has 6 nitrogen and oxygen atoms in total. The Kier molecular flexibility index (Phi) is 4.26. The Morgan fingerprint density at radius 2 is 2.14 bits per heavy atom. The van der Waals surface area contributed by atoms with Crippen molar-refractivity contribution in [2.45, 2.75) is 17.8 Å². The zero-order valence-corrected chi connectivity index (χ0v) is 11.5. The summed E-state index contributed by atoms with van der Waals surface area (Å²) in [6, 6.07) is 6.78. The van der Waals surface area contributed by atoms with Gasteiger partial charge in [-0.25, -0.2) is 0 Å². The van der Waals surface area contributed by atoms with E-state index in [9.17, 15) is 22.0 Å². The predicted molar refractivity (Wildman–Crippen MR) is 66.3 cm³/mol. The summed E-state index contributed by atoms with van der Waals surface area (Å²) >= 11 is 0. The lowest BCUT2D eigenvalue weighted by atomic mass is 10.1. The summed E-state index contributed by atoms with van der Waals surface area (Å²) in [6.45, 7) is -1.13. The van der Waals surface area contributed by atoms with Crippen LogP contribution in [0.5, 0.6) is 0 Å². The maximum Gasteiger partial charge on any atom is 0.402 e. The fourth-order valence-electron chi connectivity index (χ4n) is 1.60. The summed E-state index contributed by atoms with van der Waals surface area (Å²) in [5.74, 6) is -1.02. The fourth-order valence-corrected chi connectivity index (χ4v) is 1.81. The van der Waals surface area contributed by atoms with Crippen LogP contribution >= 0.6 is 0 Å². The largest absolute Gasteiger partial charge is 0.458 e. The van der Waals surface area contributed by atoms with Gasteiger partial charge in [-0.05, 0) is 11.1 Å². The summed E-state index contributed by atoms with van der Waals surface area (Å²) in [6.07, 6.45) is -0.299. The summed E-state index contributed by atoms with van der Waals surface area (Å²) in [4.78, 5) is 11.4. The van der Waals surface area contributed by atoms with Gasteiger partial charge in [0.25, 0.3) is 0 Å². The maximum atomic E-state index is 12.9. The highest BCUT2D eigenvalue weighted by atomic mass is 32.2. The minimum Gasteiger partial charge on any atom is -0.458 e. The van der Waals surface area contributed by atoms with Gasteiger partial charge in [-0.2, -0.15) is 17.2 Å². The van der Waals surface area contributed by atoms with Gasteiger partial charge in [-0.3, -0.25) is 9.35 Å².